The highest BCUT2D eigenvalue weighted by Crippen LogP contribution is 2.32. The second-order valence-electron chi connectivity index (χ2n) is 5.43. The highest BCUT2D eigenvalue weighted by Gasteiger charge is 2.38. The summed E-state index contributed by atoms with van der Waals surface area (Å²) in [4.78, 5) is 14.6. The molecular weight excluding hydrogens is 236 g/mol. The normalized spacial score (nSPS) is 20.1. The van der Waals surface area contributed by atoms with Crippen LogP contribution in [0.5, 0.6) is 0 Å². The first-order valence-corrected chi connectivity index (χ1v) is 6.28. The number of rotatable bonds is 3. The highest BCUT2D eigenvalue weighted by atomic mass is 32.1. The number of nitrogens with zero attached hydrogens (tertiary/aromatic N) is 1. The van der Waals surface area contributed by atoms with Gasteiger partial charge in [0.25, 0.3) is 5.91 Å². The van der Waals surface area contributed by atoms with Crippen LogP contribution in [-0.2, 0) is 9.53 Å². The summed E-state index contributed by atoms with van der Waals surface area (Å²) >= 11 is 5.08. The zero-order valence-corrected chi connectivity index (χ0v) is 11.9. The van der Waals surface area contributed by atoms with Crippen LogP contribution in [0.1, 0.15) is 33.6 Å². The van der Waals surface area contributed by atoms with E-state index in [4.69, 9.17) is 22.7 Å². The van der Waals surface area contributed by atoms with Gasteiger partial charge in [0.1, 0.15) is 5.60 Å². The topological polar surface area (TPSA) is 55.6 Å². The lowest BCUT2D eigenvalue weighted by Gasteiger charge is -2.41. The third-order valence-corrected chi connectivity index (χ3v) is 4.27. The Morgan fingerprint density at radius 2 is 1.88 bits per heavy atom. The number of carbonyl (C=O) groups is 1. The Morgan fingerprint density at radius 1 is 1.41 bits per heavy atom. The smallest absolute Gasteiger partial charge is 0.254 e. The van der Waals surface area contributed by atoms with Crippen molar-refractivity contribution in [2.75, 3.05) is 20.2 Å². The van der Waals surface area contributed by atoms with Crippen LogP contribution >= 0.6 is 12.2 Å². The number of hydrogen-bond acceptors (Lipinski definition) is 3. The van der Waals surface area contributed by atoms with Crippen molar-refractivity contribution in [3.05, 3.63) is 0 Å². The molecule has 0 aliphatic carbocycles. The van der Waals surface area contributed by atoms with Gasteiger partial charge >= 0.3 is 0 Å². The lowest BCUT2D eigenvalue weighted by atomic mass is 9.80. The number of hydrogen-bond donors (Lipinski definition) is 1. The number of amides is 1. The van der Waals surface area contributed by atoms with Gasteiger partial charge in [0.05, 0.1) is 4.99 Å². The summed E-state index contributed by atoms with van der Waals surface area (Å²) < 4.78 is 5.21. The van der Waals surface area contributed by atoms with Crippen LogP contribution in [0.2, 0.25) is 0 Å². The molecule has 0 saturated carbocycles. The fourth-order valence-electron chi connectivity index (χ4n) is 1.92. The number of thiocarbonyl (C=S) groups is 1. The molecular formula is C12H22N2O2S. The molecule has 17 heavy (non-hydrogen) atoms. The van der Waals surface area contributed by atoms with E-state index in [2.05, 4.69) is 6.92 Å². The summed E-state index contributed by atoms with van der Waals surface area (Å²) in [6.07, 6.45) is 1.65. The quantitative estimate of drug-likeness (QED) is 0.776. The SMILES string of the molecule is COC(C)(C)C(=O)N1CCC(C)(C(N)=S)CC1. The average molecular weight is 258 g/mol. The van der Waals surface area contributed by atoms with Crippen molar-refractivity contribution < 1.29 is 9.53 Å². The summed E-state index contributed by atoms with van der Waals surface area (Å²) in [6, 6.07) is 0. The minimum atomic E-state index is -0.753. The fourth-order valence-corrected chi connectivity index (χ4v) is 2.12. The third-order valence-electron chi connectivity index (χ3n) is 3.77. The van der Waals surface area contributed by atoms with E-state index in [-0.39, 0.29) is 11.3 Å². The van der Waals surface area contributed by atoms with E-state index in [0.29, 0.717) is 18.1 Å². The van der Waals surface area contributed by atoms with Gasteiger partial charge in [-0.1, -0.05) is 19.1 Å². The standard InChI is InChI=1S/C12H22N2O2S/c1-11(2,16-4)10(15)14-7-5-12(3,6-8-14)9(13)17/h5-8H2,1-4H3,(H2,13,17). The van der Waals surface area contributed by atoms with Gasteiger partial charge in [0.2, 0.25) is 0 Å². The van der Waals surface area contributed by atoms with Crippen molar-refractivity contribution in [1.29, 1.82) is 0 Å². The molecule has 5 heteroatoms. The van der Waals surface area contributed by atoms with E-state index in [0.717, 1.165) is 12.8 Å². The van der Waals surface area contributed by atoms with Crippen LogP contribution < -0.4 is 5.73 Å². The molecule has 0 unspecified atom stereocenters. The third kappa shape index (κ3) is 2.96. The molecule has 98 valence electrons. The number of piperidine rings is 1. The molecule has 0 atom stereocenters. The van der Waals surface area contributed by atoms with Gasteiger partial charge in [0, 0.05) is 25.6 Å². The summed E-state index contributed by atoms with van der Waals surface area (Å²) in [5.41, 5.74) is 4.88. The summed E-state index contributed by atoms with van der Waals surface area (Å²) in [7, 11) is 1.56. The Balaban J connectivity index is 2.65. The fraction of sp³-hybridized carbons (Fsp3) is 0.833. The summed E-state index contributed by atoms with van der Waals surface area (Å²) in [5.74, 6) is 0.0324. The second-order valence-corrected chi connectivity index (χ2v) is 5.87. The molecule has 0 aromatic heterocycles. The Labute approximate surface area is 108 Å². The molecule has 0 aromatic carbocycles. The van der Waals surface area contributed by atoms with E-state index >= 15 is 0 Å². The van der Waals surface area contributed by atoms with Crippen molar-refractivity contribution in [2.45, 2.75) is 39.2 Å². The molecule has 1 heterocycles. The predicted molar refractivity (Wildman–Crippen MR) is 71.8 cm³/mol. The van der Waals surface area contributed by atoms with Crippen LogP contribution in [0, 0.1) is 5.41 Å². The first-order chi connectivity index (χ1) is 7.73. The van der Waals surface area contributed by atoms with Crippen molar-refractivity contribution in [3.8, 4) is 0 Å². The monoisotopic (exact) mass is 258 g/mol. The molecule has 0 radical (unpaired) electrons. The lowest BCUT2D eigenvalue weighted by molar-refractivity contribution is -0.152. The van der Waals surface area contributed by atoms with Crippen molar-refractivity contribution in [2.24, 2.45) is 11.1 Å². The molecule has 4 nitrogen and oxygen atoms in total. The molecule has 1 fully saturated rings. The average Bonchev–Trinajstić information content (AvgIpc) is 2.29. The van der Waals surface area contributed by atoms with Gasteiger partial charge < -0.3 is 15.4 Å². The van der Waals surface area contributed by atoms with Crippen molar-refractivity contribution >= 4 is 23.1 Å². The van der Waals surface area contributed by atoms with Gasteiger partial charge in [-0.15, -0.1) is 0 Å². The zero-order valence-electron chi connectivity index (χ0n) is 11.1. The Hall–Kier alpha value is -0.680. The number of nitrogens with two attached hydrogens (primary N) is 1. The molecule has 1 aliphatic heterocycles. The van der Waals surface area contributed by atoms with Gasteiger partial charge in [0.15, 0.2) is 0 Å². The predicted octanol–water partition coefficient (Wildman–Crippen LogP) is 1.33. The molecule has 1 rings (SSSR count). The van der Waals surface area contributed by atoms with Crippen molar-refractivity contribution in [3.63, 3.8) is 0 Å². The second kappa shape index (κ2) is 4.90. The molecule has 0 bridgehead atoms. The molecule has 1 aliphatic rings. The van der Waals surface area contributed by atoms with Crippen LogP contribution in [0.3, 0.4) is 0 Å². The maximum atomic E-state index is 12.2. The van der Waals surface area contributed by atoms with Crippen molar-refractivity contribution in [1.82, 2.24) is 4.90 Å². The van der Waals surface area contributed by atoms with Gasteiger partial charge in [-0.25, -0.2) is 0 Å². The molecule has 2 N–H and O–H groups in total. The maximum absolute atomic E-state index is 12.2. The first-order valence-electron chi connectivity index (χ1n) is 5.87. The van der Waals surface area contributed by atoms with Crippen LogP contribution in [0.25, 0.3) is 0 Å². The van der Waals surface area contributed by atoms with Crippen LogP contribution in [0.15, 0.2) is 0 Å². The summed E-state index contributed by atoms with van der Waals surface area (Å²) in [6.45, 7) is 7.03. The van der Waals surface area contributed by atoms with Gasteiger partial charge in [-0.2, -0.15) is 0 Å². The minimum absolute atomic E-state index is 0.0324. The van der Waals surface area contributed by atoms with E-state index < -0.39 is 5.60 Å². The zero-order chi connectivity index (χ0) is 13.3. The van der Waals surface area contributed by atoms with Gasteiger partial charge in [-0.05, 0) is 26.7 Å². The summed E-state index contributed by atoms with van der Waals surface area (Å²) in [5, 5.41) is 0. The lowest BCUT2D eigenvalue weighted by Crippen LogP contribution is -2.52. The number of ether oxygens (including phenoxy) is 1. The molecule has 0 aromatic rings. The maximum Gasteiger partial charge on any atom is 0.254 e. The van der Waals surface area contributed by atoms with Crippen LogP contribution in [-0.4, -0.2) is 41.6 Å². The molecule has 1 amide bonds. The largest absolute Gasteiger partial charge is 0.393 e. The van der Waals surface area contributed by atoms with E-state index in [9.17, 15) is 4.79 Å². The van der Waals surface area contributed by atoms with E-state index in [1.165, 1.54) is 0 Å². The Morgan fingerprint density at radius 3 is 2.24 bits per heavy atom. The molecule has 0 spiro atoms. The van der Waals surface area contributed by atoms with E-state index in [1.54, 1.807) is 21.0 Å². The Bertz CT molecular complexity index is 320. The van der Waals surface area contributed by atoms with E-state index in [1.807, 2.05) is 4.90 Å². The number of likely N-dealkylation sites (tertiary alicyclic amines) is 1. The number of carbonyl (C=O) groups excluding carboxylic acids is 1. The van der Waals surface area contributed by atoms with Crippen LogP contribution in [0.4, 0.5) is 0 Å². The minimum Gasteiger partial charge on any atom is -0.393 e. The number of methoxy groups -OCH3 is 1. The first kappa shape index (κ1) is 14.4. The Kier molecular flexibility index (Phi) is 4.15. The highest BCUT2D eigenvalue weighted by molar-refractivity contribution is 7.80. The molecule has 1 saturated heterocycles. The van der Waals surface area contributed by atoms with Gasteiger partial charge in [-0.3, -0.25) is 4.79 Å².